The summed E-state index contributed by atoms with van der Waals surface area (Å²) in [5.41, 5.74) is 0.279. The van der Waals surface area contributed by atoms with Gasteiger partial charge in [-0.2, -0.15) is 0 Å². The van der Waals surface area contributed by atoms with E-state index in [4.69, 9.17) is 0 Å². The van der Waals surface area contributed by atoms with Gasteiger partial charge in [-0.3, -0.25) is 4.79 Å². The molecule has 0 saturated heterocycles. The molecule has 0 aromatic heterocycles. The first-order valence-electron chi connectivity index (χ1n) is 4.22. The van der Waals surface area contributed by atoms with Gasteiger partial charge in [0.05, 0.1) is 6.04 Å². The number of halogens is 2. The van der Waals surface area contributed by atoms with Gasteiger partial charge < -0.3 is 5.32 Å². The summed E-state index contributed by atoms with van der Waals surface area (Å²) >= 11 is 0. The normalized spacial score (nSPS) is 12.3. The van der Waals surface area contributed by atoms with Crippen LogP contribution in [0.15, 0.2) is 18.2 Å². The van der Waals surface area contributed by atoms with Gasteiger partial charge in [-0.1, -0.05) is 6.07 Å². The third-order valence-corrected chi connectivity index (χ3v) is 1.85. The van der Waals surface area contributed by atoms with Crippen molar-refractivity contribution in [2.24, 2.45) is 0 Å². The molecule has 0 bridgehead atoms. The second-order valence-electron chi connectivity index (χ2n) is 3.09. The van der Waals surface area contributed by atoms with Crippen LogP contribution in [0.25, 0.3) is 0 Å². The van der Waals surface area contributed by atoms with Crippen LogP contribution in [0.3, 0.4) is 0 Å². The van der Waals surface area contributed by atoms with Crippen molar-refractivity contribution in [3.05, 3.63) is 35.4 Å². The van der Waals surface area contributed by atoms with Crippen molar-refractivity contribution >= 4 is 5.91 Å². The fraction of sp³-hybridized carbons (Fsp3) is 0.300. The van der Waals surface area contributed by atoms with Crippen LogP contribution in [0.2, 0.25) is 0 Å². The fourth-order valence-electron chi connectivity index (χ4n) is 1.24. The highest BCUT2D eigenvalue weighted by atomic mass is 19.1. The Morgan fingerprint density at radius 2 is 2.07 bits per heavy atom. The number of nitrogens with one attached hydrogen (secondary N) is 1. The summed E-state index contributed by atoms with van der Waals surface area (Å²) in [4.78, 5) is 10.7. The van der Waals surface area contributed by atoms with E-state index in [0.29, 0.717) is 0 Å². The van der Waals surface area contributed by atoms with Crippen LogP contribution in [0.4, 0.5) is 8.78 Å². The average molecular weight is 199 g/mol. The maximum absolute atomic E-state index is 13.2. The minimum absolute atomic E-state index is 0.249. The summed E-state index contributed by atoms with van der Waals surface area (Å²) < 4.78 is 25.7. The molecule has 4 heteroatoms. The van der Waals surface area contributed by atoms with Gasteiger partial charge in [0.15, 0.2) is 0 Å². The summed E-state index contributed by atoms with van der Waals surface area (Å²) in [6.45, 7) is 2.98. The lowest BCUT2D eigenvalue weighted by Crippen LogP contribution is -2.24. The standard InChI is InChI=1S/C10H11F2NO/c1-6(13-7(2)14)9-4-3-8(11)5-10(9)12/h3-6H,1-2H3,(H,13,14)/t6-/m0/s1. The molecule has 0 fully saturated rings. The van der Waals surface area contributed by atoms with E-state index in [-0.39, 0.29) is 11.5 Å². The summed E-state index contributed by atoms with van der Waals surface area (Å²) in [5.74, 6) is -1.52. The molecule has 76 valence electrons. The zero-order chi connectivity index (χ0) is 10.7. The molecule has 1 atom stereocenters. The summed E-state index contributed by atoms with van der Waals surface area (Å²) in [5, 5.41) is 2.52. The van der Waals surface area contributed by atoms with E-state index in [2.05, 4.69) is 5.32 Å². The molecule has 1 N–H and O–H groups in total. The Labute approximate surface area is 80.9 Å². The van der Waals surface area contributed by atoms with E-state index in [1.54, 1.807) is 6.92 Å². The Bertz CT molecular complexity index is 352. The van der Waals surface area contributed by atoms with Gasteiger partial charge in [0, 0.05) is 18.6 Å². The Morgan fingerprint density at radius 3 is 2.57 bits per heavy atom. The number of hydrogen-bond acceptors (Lipinski definition) is 1. The molecule has 14 heavy (non-hydrogen) atoms. The van der Waals surface area contributed by atoms with Gasteiger partial charge >= 0.3 is 0 Å². The highest BCUT2D eigenvalue weighted by molar-refractivity contribution is 5.73. The van der Waals surface area contributed by atoms with Gasteiger partial charge in [-0.25, -0.2) is 8.78 Å². The third kappa shape index (κ3) is 2.52. The van der Waals surface area contributed by atoms with Gasteiger partial charge in [-0.15, -0.1) is 0 Å². The van der Waals surface area contributed by atoms with Crippen molar-refractivity contribution in [1.29, 1.82) is 0 Å². The average Bonchev–Trinajstić information content (AvgIpc) is 2.01. The van der Waals surface area contributed by atoms with Crippen LogP contribution < -0.4 is 5.32 Å². The maximum Gasteiger partial charge on any atom is 0.217 e. The number of hydrogen-bond donors (Lipinski definition) is 1. The van der Waals surface area contributed by atoms with Gasteiger partial charge in [-0.05, 0) is 13.0 Å². The van der Waals surface area contributed by atoms with E-state index >= 15 is 0 Å². The molecule has 2 nitrogen and oxygen atoms in total. The first-order chi connectivity index (χ1) is 6.50. The van der Waals surface area contributed by atoms with Crippen LogP contribution in [-0.4, -0.2) is 5.91 Å². The molecule has 1 aromatic rings. The maximum atomic E-state index is 13.2. The van der Waals surface area contributed by atoms with E-state index in [0.717, 1.165) is 12.1 Å². The summed E-state index contributed by atoms with van der Waals surface area (Å²) in [7, 11) is 0. The molecule has 0 radical (unpaired) electrons. The molecule has 0 spiro atoms. The van der Waals surface area contributed by atoms with Gasteiger partial charge in [0.2, 0.25) is 5.91 Å². The van der Waals surface area contributed by atoms with E-state index < -0.39 is 17.7 Å². The van der Waals surface area contributed by atoms with E-state index in [9.17, 15) is 13.6 Å². The van der Waals surface area contributed by atoms with Crippen LogP contribution in [0, 0.1) is 11.6 Å². The van der Waals surface area contributed by atoms with Gasteiger partial charge in [0.1, 0.15) is 11.6 Å². The molecule has 1 aromatic carbocycles. The summed E-state index contributed by atoms with van der Waals surface area (Å²) in [6.07, 6.45) is 0. The molecule has 1 amide bonds. The predicted molar refractivity (Wildman–Crippen MR) is 48.6 cm³/mol. The van der Waals surface area contributed by atoms with Crippen molar-refractivity contribution in [2.45, 2.75) is 19.9 Å². The number of rotatable bonds is 2. The zero-order valence-corrected chi connectivity index (χ0v) is 7.97. The number of benzene rings is 1. The lowest BCUT2D eigenvalue weighted by atomic mass is 10.1. The molecule has 1 rings (SSSR count). The monoisotopic (exact) mass is 199 g/mol. The quantitative estimate of drug-likeness (QED) is 0.777. The minimum atomic E-state index is -0.647. The third-order valence-electron chi connectivity index (χ3n) is 1.85. The lowest BCUT2D eigenvalue weighted by Gasteiger charge is -2.13. The Morgan fingerprint density at radius 1 is 1.43 bits per heavy atom. The fourth-order valence-corrected chi connectivity index (χ4v) is 1.24. The topological polar surface area (TPSA) is 29.1 Å². The van der Waals surface area contributed by atoms with Crippen molar-refractivity contribution in [1.82, 2.24) is 5.32 Å². The molecule has 0 saturated carbocycles. The predicted octanol–water partition coefficient (Wildman–Crippen LogP) is 2.16. The lowest BCUT2D eigenvalue weighted by molar-refractivity contribution is -0.119. The van der Waals surface area contributed by atoms with Crippen LogP contribution in [0.5, 0.6) is 0 Å². The molecular formula is C10H11F2NO. The van der Waals surface area contributed by atoms with Crippen molar-refractivity contribution in [2.75, 3.05) is 0 Å². The Hall–Kier alpha value is -1.45. The summed E-state index contributed by atoms with van der Waals surface area (Å²) in [6, 6.07) is 2.84. The first-order valence-corrected chi connectivity index (χ1v) is 4.22. The first kappa shape index (κ1) is 10.6. The highest BCUT2D eigenvalue weighted by Crippen LogP contribution is 2.17. The van der Waals surface area contributed by atoms with E-state index in [1.165, 1.54) is 13.0 Å². The molecule has 0 aliphatic heterocycles. The van der Waals surface area contributed by atoms with Crippen molar-refractivity contribution < 1.29 is 13.6 Å². The second kappa shape index (κ2) is 4.17. The molecule has 0 aliphatic carbocycles. The van der Waals surface area contributed by atoms with E-state index in [1.807, 2.05) is 0 Å². The van der Waals surface area contributed by atoms with Crippen molar-refractivity contribution in [3.8, 4) is 0 Å². The minimum Gasteiger partial charge on any atom is -0.350 e. The SMILES string of the molecule is CC(=O)N[C@@H](C)c1ccc(F)cc1F. The zero-order valence-electron chi connectivity index (χ0n) is 7.97. The molecule has 0 aliphatic rings. The number of carbonyl (C=O) groups is 1. The molecule has 0 unspecified atom stereocenters. The largest absolute Gasteiger partial charge is 0.350 e. The van der Waals surface area contributed by atoms with Gasteiger partial charge in [0.25, 0.3) is 0 Å². The number of carbonyl (C=O) groups excluding carboxylic acids is 1. The Kier molecular flexibility index (Phi) is 3.17. The number of amides is 1. The highest BCUT2D eigenvalue weighted by Gasteiger charge is 2.11. The second-order valence-corrected chi connectivity index (χ2v) is 3.09. The van der Waals surface area contributed by atoms with Crippen LogP contribution in [-0.2, 0) is 4.79 Å². The Balaban J connectivity index is 2.90. The smallest absolute Gasteiger partial charge is 0.217 e. The van der Waals surface area contributed by atoms with Crippen LogP contribution in [0.1, 0.15) is 25.5 Å². The van der Waals surface area contributed by atoms with Crippen molar-refractivity contribution in [3.63, 3.8) is 0 Å². The molecule has 0 heterocycles. The molecular weight excluding hydrogens is 188 g/mol. The van der Waals surface area contributed by atoms with Crippen LogP contribution >= 0.6 is 0 Å².